The number of hydrogen-bond acceptors (Lipinski definition) is 2. The molecule has 2 amide bonds. The topological polar surface area (TPSA) is 54.0 Å². The van der Waals surface area contributed by atoms with E-state index in [-0.39, 0.29) is 6.03 Å². The molecule has 0 aliphatic heterocycles. The highest BCUT2D eigenvalue weighted by atomic mass is 19.4. The van der Waals surface area contributed by atoms with Crippen molar-refractivity contribution in [2.45, 2.75) is 38.8 Å². The Kier molecular flexibility index (Phi) is 7.88. The molecule has 1 aromatic carbocycles. The van der Waals surface area contributed by atoms with Gasteiger partial charge in [-0.3, -0.25) is 5.32 Å². The minimum absolute atomic E-state index is 0.336. The van der Waals surface area contributed by atoms with Crippen molar-refractivity contribution in [1.29, 1.82) is 0 Å². The van der Waals surface area contributed by atoms with Crippen LogP contribution in [0, 0.1) is 11.8 Å². The van der Waals surface area contributed by atoms with Crippen molar-refractivity contribution < 1.29 is 18.0 Å². The molecule has 0 fully saturated rings. The summed E-state index contributed by atoms with van der Waals surface area (Å²) >= 11 is 0. The van der Waals surface area contributed by atoms with Crippen LogP contribution in [0.4, 0.5) is 23.8 Å². The summed E-state index contributed by atoms with van der Waals surface area (Å²) < 4.78 is 37.7. The lowest BCUT2D eigenvalue weighted by Crippen LogP contribution is -2.29. The highest BCUT2D eigenvalue weighted by Crippen LogP contribution is 2.28. The maximum atomic E-state index is 12.6. The average Bonchev–Trinajstić information content (AvgIpc) is 2.66. The number of benzene rings is 1. The van der Waals surface area contributed by atoms with Crippen LogP contribution in [0.15, 0.2) is 42.5 Å². The Balaban J connectivity index is 1.93. The van der Waals surface area contributed by atoms with E-state index >= 15 is 0 Å². The summed E-state index contributed by atoms with van der Waals surface area (Å²) in [6.45, 7) is 2.72. The predicted molar refractivity (Wildman–Crippen MR) is 103 cm³/mol. The number of urea groups is 1. The van der Waals surface area contributed by atoms with Crippen molar-refractivity contribution >= 4 is 11.8 Å². The molecule has 4 nitrogen and oxygen atoms in total. The number of alkyl halides is 3. The fourth-order valence-corrected chi connectivity index (χ4v) is 2.37. The molecular formula is C21H22F3N3O. The third-order valence-corrected chi connectivity index (χ3v) is 3.85. The number of nitrogens with zero attached hydrogens (tertiary/aromatic N) is 1. The number of aromatic nitrogens is 1. The van der Waals surface area contributed by atoms with Crippen LogP contribution < -0.4 is 10.6 Å². The molecule has 0 unspecified atom stereocenters. The number of carbonyl (C=O) groups is 1. The summed E-state index contributed by atoms with van der Waals surface area (Å²) in [5.74, 6) is 5.90. The van der Waals surface area contributed by atoms with Crippen LogP contribution in [0.25, 0.3) is 0 Å². The van der Waals surface area contributed by atoms with Crippen molar-refractivity contribution in [1.82, 2.24) is 10.3 Å². The molecule has 2 aromatic rings. The number of pyridine rings is 1. The highest BCUT2D eigenvalue weighted by molar-refractivity contribution is 5.88. The van der Waals surface area contributed by atoms with Gasteiger partial charge >= 0.3 is 12.2 Å². The smallest absolute Gasteiger partial charge is 0.338 e. The molecule has 0 atom stereocenters. The molecule has 1 aromatic heterocycles. The van der Waals surface area contributed by atoms with E-state index in [1.54, 1.807) is 18.2 Å². The van der Waals surface area contributed by atoms with Gasteiger partial charge in [-0.05, 0) is 48.7 Å². The normalized spacial score (nSPS) is 10.7. The molecule has 1 heterocycles. The first kappa shape index (κ1) is 21.3. The molecule has 0 aliphatic rings. The third kappa shape index (κ3) is 7.31. The summed E-state index contributed by atoms with van der Waals surface area (Å²) in [5, 5.41) is 5.41. The van der Waals surface area contributed by atoms with E-state index in [0.717, 1.165) is 37.8 Å². The van der Waals surface area contributed by atoms with E-state index in [9.17, 15) is 18.0 Å². The van der Waals surface area contributed by atoms with Crippen LogP contribution in [-0.4, -0.2) is 17.6 Å². The number of anilines is 1. The summed E-state index contributed by atoms with van der Waals surface area (Å²) in [5.41, 5.74) is 0.127. The largest absolute Gasteiger partial charge is 0.416 e. The zero-order valence-corrected chi connectivity index (χ0v) is 15.6. The lowest BCUT2D eigenvalue weighted by atomic mass is 10.1. The average molecular weight is 389 g/mol. The standard InChI is InChI=1S/C21H22F3N3O/c1-2-3-4-5-15-25-20(28)27-19-8-6-7-18(26-19)14-11-16-9-12-17(13-10-16)21(22,23)24/h6-10,12-13H,2-5,15H2,1H3,(H2,25,26,27,28). The number of nitrogens with one attached hydrogen (secondary N) is 2. The summed E-state index contributed by atoms with van der Waals surface area (Å²) in [6.07, 6.45) is -0.0948. The van der Waals surface area contributed by atoms with E-state index in [4.69, 9.17) is 0 Å². The fraction of sp³-hybridized carbons (Fsp3) is 0.333. The van der Waals surface area contributed by atoms with Gasteiger partial charge in [0, 0.05) is 12.1 Å². The summed E-state index contributed by atoms with van der Waals surface area (Å²) in [4.78, 5) is 16.1. The predicted octanol–water partition coefficient (Wildman–Crippen LogP) is 5.20. The van der Waals surface area contributed by atoms with Crippen molar-refractivity contribution in [2.75, 3.05) is 11.9 Å². The molecule has 148 valence electrons. The van der Waals surface area contributed by atoms with Crippen molar-refractivity contribution in [3.8, 4) is 11.8 Å². The van der Waals surface area contributed by atoms with E-state index in [1.165, 1.54) is 12.1 Å². The van der Waals surface area contributed by atoms with Crippen LogP contribution in [0.1, 0.15) is 49.4 Å². The maximum absolute atomic E-state index is 12.6. The van der Waals surface area contributed by atoms with Gasteiger partial charge in [0.05, 0.1) is 5.56 Å². The SMILES string of the molecule is CCCCCCNC(=O)Nc1cccc(C#Cc2ccc(C(F)(F)F)cc2)n1. The first-order valence-electron chi connectivity index (χ1n) is 9.09. The molecule has 2 N–H and O–H groups in total. The van der Waals surface area contributed by atoms with Crippen LogP contribution in [0.2, 0.25) is 0 Å². The van der Waals surface area contributed by atoms with E-state index in [0.29, 0.717) is 23.6 Å². The molecule has 2 rings (SSSR count). The molecule has 0 bridgehead atoms. The Bertz CT molecular complexity index is 836. The zero-order chi connectivity index (χ0) is 20.4. The van der Waals surface area contributed by atoms with Gasteiger partial charge in [-0.15, -0.1) is 0 Å². The number of hydrogen-bond donors (Lipinski definition) is 2. The number of carbonyl (C=O) groups excluding carboxylic acids is 1. The van der Waals surface area contributed by atoms with Gasteiger partial charge in [-0.25, -0.2) is 9.78 Å². The Morgan fingerprint density at radius 1 is 1.04 bits per heavy atom. The van der Waals surface area contributed by atoms with Crippen LogP contribution in [0.5, 0.6) is 0 Å². The van der Waals surface area contributed by atoms with Crippen LogP contribution >= 0.6 is 0 Å². The fourth-order valence-electron chi connectivity index (χ4n) is 2.37. The zero-order valence-electron chi connectivity index (χ0n) is 15.6. The number of rotatable bonds is 6. The van der Waals surface area contributed by atoms with Gasteiger partial charge in [0.1, 0.15) is 11.5 Å². The first-order valence-corrected chi connectivity index (χ1v) is 9.09. The Hall–Kier alpha value is -3.01. The first-order chi connectivity index (χ1) is 13.4. The van der Waals surface area contributed by atoms with Gasteiger partial charge in [0.25, 0.3) is 0 Å². The van der Waals surface area contributed by atoms with Gasteiger partial charge in [-0.2, -0.15) is 13.2 Å². The molecule has 28 heavy (non-hydrogen) atoms. The maximum Gasteiger partial charge on any atom is 0.416 e. The molecule has 0 spiro atoms. The molecule has 0 saturated heterocycles. The van der Waals surface area contributed by atoms with E-state index in [2.05, 4.69) is 34.4 Å². The minimum atomic E-state index is -4.37. The number of amides is 2. The quantitative estimate of drug-likeness (QED) is 0.527. The van der Waals surface area contributed by atoms with Crippen LogP contribution in [0.3, 0.4) is 0 Å². The lowest BCUT2D eigenvalue weighted by Gasteiger charge is -2.07. The van der Waals surface area contributed by atoms with Gasteiger partial charge in [0.2, 0.25) is 0 Å². The molecule has 0 radical (unpaired) electrons. The molecule has 7 heteroatoms. The van der Waals surface area contributed by atoms with Crippen molar-refractivity contribution in [3.63, 3.8) is 0 Å². The van der Waals surface area contributed by atoms with E-state index < -0.39 is 11.7 Å². The Morgan fingerprint density at radius 2 is 1.79 bits per heavy atom. The Labute approximate surface area is 162 Å². The lowest BCUT2D eigenvalue weighted by molar-refractivity contribution is -0.137. The highest BCUT2D eigenvalue weighted by Gasteiger charge is 2.29. The van der Waals surface area contributed by atoms with Gasteiger partial charge in [-0.1, -0.05) is 38.2 Å². The van der Waals surface area contributed by atoms with Gasteiger partial charge < -0.3 is 5.32 Å². The monoisotopic (exact) mass is 389 g/mol. The second kappa shape index (κ2) is 10.4. The summed E-state index contributed by atoms with van der Waals surface area (Å²) in [7, 11) is 0. The minimum Gasteiger partial charge on any atom is -0.338 e. The van der Waals surface area contributed by atoms with Crippen molar-refractivity contribution in [3.05, 3.63) is 59.3 Å². The summed E-state index contributed by atoms with van der Waals surface area (Å²) in [6, 6.07) is 9.25. The Morgan fingerprint density at radius 3 is 2.46 bits per heavy atom. The van der Waals surface area contributed by atoms with Gasteiger partial charge in [0.15, 0.2) is 0 Å². The molecule has 0 aliphatic carbocycles. The second-order valence-corrected chi connectivity index (χ2v) is 6.17. The third-order valence-electron chi connectivity index (χ3n) is 3.85. The second-order valence-electron chi connectivity index (χ2n) is 6.17. The van der Waals surface area contributed by atoms with E-state index in [1.807, 2.05) is 0 Å². The number of unbranched alkanes of at least 4 members (excludes halogenated alkanes) is 3. The van der Waals surface area contributed by atoms with Crippen molar-refractivity contribution in [2.24, 2.45) is 0 Å². The molecule has 0 saturated carbocycles. The molecular weight excluding hydrogens is 367 g/mol. The van der Waals surface area contributed by atoms with Crippen LogP contribution in [-0.2, 0) is 6.18 Å². The number of halogens is 3.